The summed E-state index contributed by atoms with van der Waals surface area (Å²) >= 11 is 0. The van der Waals surface area contributed by atoms with E-state index >= 15 is 0 Å². The van der Waals surface area contributed by atoms with Gasteiger partial charge in [0.2, 0.25) is 0 Å². The quantitative estimate of drug-likeness (QED) is 0.521. The third-order valence-corrected chi connectivity index (χ3v) is 0.926. The summed E-state index contributed by atoms with van der Waals surface area (Å²) in [6, 6.07) is 8.42. The van der Waals surface area contributed by atoms with Gasteiger partial charge in [-0.25, -0.2) is 4.39 Å². The lowest BCUT2D eigenvalue weighted by molar-refractivity contribution is 0.485. The minimum atomic E-state index is -1.59. The summed E-state index contributed by atoms with van der Waals surface area (Å²) in [5.74, 6) is 0. The summed E-state index contributed by atoms with van der Waals surface area (Å²) in [5.41, 5.74) is 0.414. The van der Waals surface area contributed by atoms with E-state index < -0.39 is 6.65 Å². The maximum Gasteiger partial charge on any atom is 0.115 e. The second kappa shape index (κ2) is 2.46. The van der Waals surface area contributed by atoms with Gasteiger partial charge >= 0.3 is 0 Å². The van der Waals surface area contributed by atoms with Gasteiger partial charge in [-0.05, 0) is 5.56 Å². The molecular weight excluding hydrogens is 103 g/mol. The van der Waals surface area contributed by atoms with Crippen LogP contribution in [0.5, 0.6) is 0 Å². The lowest BCUT2D eigenvalue weighted by Gasteiger charge is -1.87. The van der Waals surface area contributed by atoms with E-state index in [4.69, 9.17) is 1.37 Å². The van der Waals surface area contributed by atoms with Crippen LogP contribution in [0.1, 0.15) is 6.93 Å². The number of hydrogen-bond acceptors (Lipinski definition) is 0. The first-order valence-corrected chi connectivity index (χ1v) is 2.42. The SMILES string of the molecule is [2H][C@@H](F)c1ccccc1. The van der Waals surface area contributed by atoms with Crippen molar-refractivity contribution < 1.29 is 5.76 Å². The summed E-state index contributed by atoms with van der Waals surface area (Å²) in [5, 5.41) is 0. The second-order valence-corrected chi connectivity index (χ2v) is 1.52. The Balaban J connectivity index is 2.85. The molecule has 0 unspecified atom stereocenters. The number of rotatable bonds is 1. The van der Waals surface area contributed by atoms with E-state index in [1.54, 1.807) is 30.3 Å². The Morgan fingerprint density at radius 3 is 2.38 bits per heavy atom. The van der Waals surface area contributed by atoms with Gasteiger partial charge in [0.25, 0.3) is 0 Å². The van der Waals surface area contributed by atoms with Crippen LogP contribution in [0.2, 0.25) is 0 Å². The van der Waals surface area contributed by atoms with Gasteiger partial charge in [-0.15, -0.1) is 0 Å². The number of halogens is 1. The predicted molar refractivity (Wildman–Crippen MR) is 31.3 cm³/mol. The van der Waals surface area contributed by atoms with Crippen molar-refractivity contribution in [3.05, 3.63) is 35.9 Å². The topological polar surface area (TPSA) is 0 Å². The van der Waals surface area contributed by atoms with E-state index in [1.165, 1.54) is 0 Å². The van der Waals surface area contributed by atoms with Gasteiger partial charge in [0.05, 0.1) is 1.37 Å². The first-order valence-electron chi connectivity index (χ1n) is 2.99. The molecule has 1 heteroatoms. The summed E-state index contributed by atoms with van der Waals surface area (Å²) in [6.07, 6.45) is 0. The monoisotopic (exact) mass is 111 g/mol. The zero-order valence-corrected chi connectivity index (χ0v) is 4.34. The molecule has 0 spiro atoms. The fraction of sp³-hybridized carbons (Fsp3) is 0.143. The largest absolute Gasteiger partial charge is 0.246 e. The van der Waals surface area contributed by atoms with E-state index in [0.717, 1.165) is 0 Å². The predicted octanol–water partition coefficient (Wildman–Crippen LogP) is 2.16. The molecule has 1 aromatic rings. The average Bonchev–Trinajstić information content (AvgIpc) is 1.90. The fourth-order valence-corrected chi connectivity index (χ4v) is 0.526. The Bertz CT molecular complexity index is 172. The van der Waals surface area contributed by atoms with E-state index in [1.807, 2.05) is 0 Å². The van der Waals surface area contributed by atoms with Crippen LogP contribution in [-0.2, 0) is 6.65 Å². The smallest absolute Gasteiger partial charge is 0.115 e. The maximum atomic E-state index is 12.1. The van der Waals surface area contributed by atoms with Gasteiger partial charge in [-0.2, -0.15) is 0 Å². The van der Waals surface area contributed by atoms with Gasteiger partial charge in [0.1, 0.15) is 6.65 Å². The Morgan fingerprint density at radius 1 is 1.38 bits per heavy atom. The van der Waals surface area contributed by atoms with Gasteiger partial charge < -0.3 is 0 Å². The summed E-state index contributed by atoms with van der Waals surface area (Å²) < 4.78 is 18.8. The number of hydrogen-bond donors (Lipinski definition) is 0. The molecule has 0 nitrogen and oxygen atoms in total. The van der Waals surface area contributed by atoms with E-state index in [-0.39, 0.29) is 0 Å². The Morgan fingerprint density at radius 2 is 2.00 bits per heavy atom. The zero-order chi connectivity index (χ0) is 6.69. The third kappa shape index (κ3) is 1.06. The van der Waals surface area contributed by atoms with Crippen LogP contribution in [0, 0.1) is 0 Å². The van der Waals surface area contributed by atoms with Crippen LogP contribution >= 0.6 is 0 Å². The van der Waals surface area contributed by atoms with Crippen molar-refractivity contribution in [2.24, 2.45) is 0 Å². The van der Waals surface area contributed by atoms with Gasteiger partial charge in [0.15, 0.2) is 0 Å². The summed E-state index contributed by atoms with van der Waals surface area (Å²) in [6.45, 7) is -1.59. The molecule has 0 fully saturated rings. The van der Waals surface area contributed by atoms with Crippen LogP contribution in [0.4, 0.5) is 4.39 Å². The molecule has 0 heterocycles. The van der Waals surface area contributed by atoms with Crippen molar-refractivity contribution in [2.45, 2.75) is 6.65 Å². The molecule has 0 aliphatic heterocycles. The van der Waals surface area contributed by atoms with Crippen LogP contribution in [0.25, 0.3) is 0 Å². The molecule has 0 aromatic heterocycles. The standard InChI is InChI=1S/C7H7F/c8-6-7-4-2-1-3-5-7/h1-5H,6H2/i6D/t6-/m1/s1. The second-order valence-electron chi connectivity index (χ2n) is 1.52. The summed E-state index contributed by atoms with van der Waals surface area (Å²) in [4.78, 5) is 0. The molecule has 0 bridgehead atoms. The Kier molecular flexibility index (Phi) is 1.25. The van der Waals surface area contributed by atoms with Gasteiger partial charge in [-0.1, -0.05) is 30.3 Å². The highest BCUT2D eigenvalue weighted by molar-refractivity contribution is 5.13. The van der Waals surface area contributed by atoms with Crippen molar-refractivity contribution in [2.75, 3.05) is 0 Å². The highest BCUT2D eigenvalue weighted by Gasteiger charge is 1.82. The molecule has 42 valence electrons. The van der Waals surface area contributed by atoms with E-state index in [0.29, 0.717) is 5.56 Å². The Labute approximate surface area is 49.4 Å². The van der Waals surface area contributed by atoms with Crippen molar-refractivity contribution in [1.82, 2.24) is 0 Å². The van der Waals surface area contributed by atoms with Crippen molar-refractivity contribution in [3.8, 4) is 0 Å². The number of alkyl halides is 1. The van der Waals surface area contributed by atoms with Gasteiger partial charge in [-0.3, -0.25) is 0 Å². The minimum Gasteiger partial charge on any atom is -0.246 e. The normalized spacial score (nSPS) is 14.9. The lowest BCUT2D eigenvalue weighted by Crippen LogP contribution is -1.72. The van der Waals surface area contributed by atoms with Crippen molar-refractivity contribution in [3.63, 3.8) is 0 Å². The molecule has 0 aliphatic carbocycles. The first-order chi connectivity index (χ1) is 4.30. The summed E-state index contributed by atoms with van der Waals surface area (Å²) in [7, 11) is 0. The molecule has 0 saturated carbocycles. The lowest BCUT2D eigenvalue weighted by atomic mass is 10.2. The highest BCUT2D eigenvalue weighted by Crippen LogP contribution is 1.98. The minimum absolute atomic E-state index is 0.414. The third-order valence-electron chi connectivity index (χ3n) is 0.926. The number of benzene rings is 1. The molecule has 0 N–H and O–H groups in total. The molecule has 8 heavy (non-hydrogen) atoms. The van der Waals surface area contributed by atoms with Crippen molar-refractivity contribution >= 4 is 0 Å². The molecule has 1 rings (SSSR count). The maximum absolute atomic E-state index is 12.1. The molecule has 0 radical (unpaired) electrons. The molecular formula is C7H7F. The molecule has 0 amide bonds. The van der Waals surface area contributed by atoms with Crippen LogP contribution in [0.3, 0.4) is 0 Å². The zero-order valence-electron chi connectivity index (χ0n) is 5.34. The van der Waals surface area contributed by atoms with Crippen LogP contribution < -0.4 is 0 Å². The fourth-order valence-electron chi connectivity index (χ4n) is 0.526. The van der Waals surface area contributed by atoms with Crippen molar-refractivity contribution in [1.29, 1.82) is 0 Å². The van der Waals surface area contributed by atoms with E-state index in [9.17, 15) is 4.39 Å². The molecule has 0 aliphatic rings. The highest BCUT2D eigenvalue weighted by atomic mass is 19.1. The molecule has 0 saturated heterocycles. The molecule has 1 atom stereocenters. The van der Waals surface area contributed by atoms with Crippen LogP contribution in [0.15, 0.2) is 30.3 Å². The average molecular weight is 111 g/mol. The van der Waals surface area contributed by atoms with Crippen LogP contribution in [-0.4, -0.2) is 0 Å². The molecule has 1 aromatic carbocycles. The van der Waals surface area contributed by atoms with Gasteiger partial charge in [0, 0.05) is 0 Å². The Hall–Kier alpha value is -0.850. The van der Waals surface area contributed by atoms with E-state index in [2.05, 4.69) is 0 Å². The first kappa shape index (κ1) is 4.07.